The number of carbonyl (C=O) groups excluding carboxylic acids is 1. The first kappa shape index (κ1) is 13.0. The van der Waals surface area contributed by atoms with Gasteiger partial charge in [0, 0.05) is 0 Å². The molecule has 0 amide bonds. The van der Waals surface area contributed by atoms with E-state index in [2.05, 4.69) is 15.6 Å². The average molecular weight is 270 g/mol. The highest BCUT2D eigenvalue weighted by atomic mass is 16.1. The summed E-state index contributed by atoms with van der Waals surface area (Å²) in [6.45, 7) is 0.906. The van der Waals surface area contributed by atoms with Gasteiger partial charge in [-0.2, -0.15) is 0 Å². The van der Waals surface area contributed by atoms with Crippen molar-refractivity contribution >= 4 is 5.78 Å². The van der Waals surface area contributed by atoms with Crippen LogP contribution in [-0.4, -0.2) is 33.4 Å². The van der Waals surface area contributed by atoms with Crippen LogP contribution in [0.2, 0.25) is 0 Å². The van der Waals surface area contributed by atoms with Gasteiger partial charge in [0.2, 0.25) is 0 Å². The second kappa shape index (κ2) is 5.96. The summed E-state index contributed by atoms with van der Waals surface area (Å²) in [6, 6.07) is 9.52. The number of aromatic nitrogens is 3. The van der Waals surface area contributed by atoms with Crippen LogP contribution in [0.5, 0.6) is 0 Å². The van der Waals surface area contributed by atoms with Gasteiger partial charge in [0.15, 0.2) is 5.78 Å². The Balaban J connectivity index is 1.87. The number of ketones is 1. The maximum atomic E-state index is 12.6. The fraction of sp³-hybridized carbons (Fsp3) is 0.400. The molecule has 0 aliphatic carbocycles. The van der Waals surface area contributed by atoms with E-state index in [-0.39, 0.29) is 11.8 Å². The molecule has 1 N–H and O–H groups in total. The van der Waals surface area contributed by atoms with E-state index in [0.29, 0.717) is 5.69 Å². The molecule has 1 aliphatic rings. The molecule has 1 aromatic heterocycles. The van der Waals surface area contributed by atoms with Crippen LogP contribution in [0.1, 0.15) is 36.2 Å². The largest absolute Gasteiger partial charge is 0.307 e. The van der Waals surface area contributed by atoms with Gasteiger partial charge in [-0.05, 0) is 31.5 Å². The summed E-state index contributed by atoms with van der Waals surface area (Å²) in [5, 5.41) is 11.3. The van der Waals surface area contributed by atoms with Crippen LogP contribution in [-0.2, 0) is 0 Å². The van der Waals surface area contributed by atoms with Crippen molar-refractivity contribution in [2.45, 2.75) is 31.7 Å². The molecule has 5 heteroatoms. The number of hydrogen-bond donors (Lipinski definition) is 1. The number of para-hydroxylation sites is 1. The molecule has 1 aliphatic heterocycles. The summed E-state index contributed by atoms with van der Waals surface area (Å²) in [4.78, 5) is 12.6. The Labute approximate surface area is 118 Å². The summed E-state index contributed by atoms with van der Waals surface area (Å²) in [7, 11) is 0. The van der Waals surface area contributed by atoms with Crippen LogP contribution >= 0.6 is 0 Å². The summed E-state index contributed by atoms with van der Waals surface area (Å²) < 4.78 is 1.62. The van der Waals surface area contributed by atoms with Gasteiger partial charge >= 0.3 is 0 Å². The topological polar surface area (TPSA) is 59.8 Å². The van der Waals surface area contributed by atoms with E-state index in [1.807, 2.05) is 30.3 Å². The highest BCUT2D eigenvalue weighted by Crippen LogP contribution is 2.15. The number of nitrogens with zero attached hydrogens (tertiary/aromatic N) is 3. The number of benzene rings is 1. The Morgan fingerprint density at radius 2 is 2.05 bits per heavy atom. The van der Waals surface area contributed by atoms with Crippen LogP contribution in [0.4, 0.5) is 0 Å². The normalized spacial score (nSPS) is 19.5. The maximum absolute atomic E-state index is 12.6. The highest BCUT2D eigenvalue weighted by molar-refractivity contribution is 5.98. The quantitative estimate of drug-likeness (QED) is 0.866. The lowest BCUT2D eigenvalue weighted by Crippen LogP contribution is -2.37. The van der Waals surface area contributed by atoms with Crippen LogP contribution in [0.15, 0.2) is 36.5 Å². The summed E-state index contributed by atoms with van der Waals surface area (Å²) in [5.41, 5.74) is 1.41. The molecule has 1 atom stereocenters. The molecule has 3 rings (SSSR count). The van der Waals surface area contributed by atoms with Crippen molar-refractivity contribution in [3.05, 3.63) is 42.2 Å². The van der Waals surface area contributed by atoms with E-state index in [1.165, 1.54) is 6.42 Å². The zero-order chi connectivity index (χ0) is 13.8. The molecular weight excluding hydrogens is 252 g/mol. The van der Waals surface area contributed by atoms with Gasteiger partial charge < -0.3 is 5.32 Å². The SMILES string of the molecule is O=C(c1cnnn1-c1ccccc1)C1CCCCCN1. The van der Waals surface area contributed by atoms with Crippen LogP contribution in [0.3, 0.4) is 0 Å². The molecule has 20 heavy (non-hydrogen) atoms. The average Bonchev–Trinajstić information content (AvgIpc) is 2.82. The van der Waals surface area contributed by atoms with Crippen molar-refractivity contribution in [2.24, 2.45) is 0 Å². The predicted octanol–water partition coefficient (Wildman–Crippen LogP) is 1.98. The van der Waals surface area contributed by atoms with Gasteiger partial charge in [0.25, 0.3) is 0 Å². The van der Waals surface area contributed by atoms with E-state index < -0.39 is 0 Å². The molecule has 0 saturated carbocycles. The third-order valence-electron chi connectivity index (χ3n) is 3.68. The molecule has 104 valence electrons. The standard InChI is InChI=1S/C15H18N4O/c20-15(13-9-5-2-6-10-16-13)14-11-17-18-19(14)12-7-3-1-4-8-12/h1,3-4,7-8,11,13,16H,2,5-6,9-10H2. The summed E-state index contributed by atoms with van der Waals surface area (Å²) in [6.07, 6.45) is 5.87. The fourth-order valence-electron chi connectivity index (χ4n) is 2.59. The zero-order valence-corrected chi connectivity index (χ0v) is 11.3. The molecule has 5 nitrogen and oxygen atoms in total. The third-order valence-corrected chi connectivity index (χ3v) is 3.68. The zero-order valence-electron chi connectivity index (χ0n) is 11.3. The van der Waals surface area contributed by atoms with Crippen molar-refractivity contribution in [1.82, 2.24) is 20.3 Å². The van der Waals surface area contributed by atoms with E-state index in [0.717, 1.165) is 31.5 Å². The Morgan fingerprint density at radius 3 is 2.90 bits per heavy atom. The van der Waals surface area contributed by atoms with Crippen LogP contribution in [0, 0.1) is 0 Å². The lowest BCUT2D eigenvalue weighted by molar-refractivity contribution is 0.0933. The summed E-state index contributed by atoms with van der Waals surface area (Å²) >= 11 is 0. The lowest BCUT2D eigenvalue weighted by atomic mass is 10.0. The minimum atomic E-state index is -0.113. The van der Waals surface area contributed by atoms with Crippen molar-refractivity contribution in [3.8, 4) is 5.69 Å². The Hall–Kier alpha value is -2.01. The molecule has 0 bridgehead atoms. The summed E-state index contributed by atoms with van der Waals surface area (Å²) in [5.74, 6) is 0.0840. The monoisotopic (exact) mass is 270 g/mol. The molecule has 1 saturated heterocycles. The molecule has 0 radical (unpaired) electrons. The van der Waals surface area contributed by atoms with Crippen molar-refractivity contribution in [3.63, 3.8) is 0 Å². The first-order valence-electron chi connectivity index (χ1n) is 7.10. The number of rotatable bonds is 3. The molecule has 1 fully saturated rings. The molecule has 2 aromatic rings. The third kappa shape index (κ3) is 2.63. The van der Waals surface area contributed by atoms with E-state index in [4.69, 9.17) is 0 Å². The number of Topliss-reactive ketones (excluding diaryl/α,β-unsaturated/α-hetero) is 1. The number of carbonyl (C=O) groups is 1. The van der Waals surface area contributed by atoms with Gasteiger partial charge in [-0.3, -0.25) is 4.79 Å². The van der Waals surface area contributed by atoms with Crippen LogP contribution in [0.25, 0.3) is 5.69 Å². The molecular formula is C15H18N4O. The lowest BCUT2D eigenvalue weighted by Gasteiger charge is -2.14. The first-order chi connectivity index (χ1) is 9.86. The Morgan fingerprint density at radius 1 is 1.20 bits per heavy atom. The Bertz CT molecular complexity index is 571. The molecule has 0 spiro atoms. The van der Waals surface area contributed by atoms with Gasteiger partial charge in [-0.1, -0.05) is 36.3 Å². The Kier molecular flexibility index (Phi) is 3.87. The van der Waals surface area contributed by atoms with Crippen LogP contribution < -0.4 is 5.32 Å². The minimum Gasteiger partial charge on any atom is -0.307 e. The van der Waals surface area contributed by atoms with Gasteiger partial charge in [-0.25, -0.2) is 4.68 Å². The van der Waals surface area contributed by atoms with E-state index in [9.17, 15) is 4.79 Å². The molecule has 2 heterocycles. The molecule has 1 unspecified atom stereocenters. The van der Waals surface area contributed by atoms with Gasteiger partial charge in [0.1, 0.15) is 5.69 Å². The number of hydrogen-bond acceptors (Lipinski definition) is 4. The van der Waals surface area contributed by atoms with Crippen molar-refractivity contribution in [1.29, 1.82) is 0 Å². The second-order valence-electron chi connectivity index (χ2n) is 5.09. The van der Waals surface area contributed by atoms with Gasteiger partial charge in [0.05, 0.1) is 17.9 Å². The predicted molar refractivity (Wildman–Crippen MR) is 75.9 cm³/mol. The van der Waals surface area contributed by atoms with Crippen molar-refractivity contribution in [2.75, 3.05) is 6.54 Å². The highest BCUT2D eigenvalue weighted by Gasteiger charge is 2.24. The second-order valence-corrected chi connectivity index (χ2v) is 5.09. The smallest absolute Gasteiger partial charge is 0.199 e. The fourth-order valence-corrected chi connectivity index (χ4v) is 2.59. The van der Waals surface area contributed by atoms with Gasteiger partial charge in [-0.15, -0.1) is 5.10 Å². The first-order valence-corrected chi connectivity index (χ1v) is 7.10. The van der Waals surface area contributed by atoms with E-state index in [1.54, 1.807) is 10.9 Å². The number of nitrogens with one attached hydrogen (secondary N) is 1. The maximum Gasteiger partial charge on any atom is 0.199 e. The minimum absolute atomic E-state index is 0.0840. The van der Waals surface area contributed by atoms with Crippen molar-refractivity contribution < 1.29 is 4.79 Å². The van der Waals surface area contributed by atoms with E-state index >= 15 is 0 Å². The molecule has 1 aromatic carbocycles.